The Balaban J connectivity index is 1.60. The molecule has 2 atom stereocenters. The van der Waals surface area contributed by atoms with Crippen molar-refractivity contribution in [3.8, 4) is 0 Å². The number of aromatic carboxylic acids is 1. The maximum Gasteiger partial charge on any atom is 0.345 e. The van der Waals surface area contributed by atoms with Crippen molar-refractivity contribution in [2.45, 2.75) is 31.8 Å². The average molecular weight is 294 g/mol. The number of piperidine rings is 2. The molecule has 2 aliphatic rings. The van der Waals surface area contributed by atoms with Gasteiger partial charge in [0.2, 0.25) is 0 Å². The number of carboxylic acid groups (broad SMARTS) is 1. The molecule has 0 saturated carbocycles. The Morgan fingerprint density at radius 2 is 2.25 bits per heavy atom. The van der Waals surface area contributed by atoms with Gasteiger partial charge in [0.1, 0.15) is 4.88 Å². The van der Waals surface area contributed by atoms with Crippen LogP contribution in [0.3, 0.4) is 0 Å². The molecule has 0 aliphatic carbocycles. The third kappa shape index (κ3) is 2.90. The van der Waals surface area contributed by atoms with Crippen molar-refractivity contribution in [2.75, 3.05) is 26.7 Å². The highest BCUT2D eigenvalue weighted by molar-refractivity contribution is 7.13. The summed E-state index contributed by atoms with van der Waals surface area (Å²) in [7, 11) is 2.25. The van der Waals surface area contributed by atoms with Gasteiger partial charge in [-0.05, 0) is 50.9 Å². The zero-order chi connectivity index (χ0) is 14.1. The van der Waals surface area contributed by atoms with Gasteiger partial charge in [-0.3, -0.25) is 4.90 Å². The standard InChI is InChI=1S/C15H22N2O2S/c1-16-7-2-3-11-9-17(8-6-13(11)16)10-12-4-5-14(20-12)15(18)19/h4-5,11,13H,2-3,6-10H2,1H3,(H,18,19). The summed E-state index contributed by atoms with van der Waals surface area (Å²) in [6.45, 7) is 4.44. The molecule has 0 amide bonds. The summed E-state index contributed by atoms with van der Waals surface area (Å²) >= 11 is 1.41. The van der Waals surface area contributed by atoms with Crippen LogP contribution < -0.4 is 0 Å². The van der Waals surface area contributed by atoms with Crippen molar-refractivity contribution in [2.24, 2.45) is 5.92 Å². The van der Waals surface area contributed by atoms with E-state index in [1.807, 2.05) is 6.07 Å². The number of nitrogens with zero attached hydrogens (tertiary/aromatic N) is 2. The summed E-state index contributed by atoms with van der Waals surface area (Å²) in [6.07, 6.45) is 3.91. The molecule has 3 heterocycles. The van der Waals surface area contributed by atoms with Gasteiger partial charge < -0.3 is 10.0 Å². The molecule has 2 unspecified atom stereocenters. The van der Waals surface area contributed by atoms with Crippen LogP contribution in [-0.2, 0) is 6.54 Å². The molecular formula is C15H22N2O2S. The minimum atomic E-state index is -0.811. The molecule has 0 spiro atoms. The van der Waals surface area contributed by atoms with Crippen molar-refractivity contribution < 1.29 is 9.90 Å². The number of hydrogen-bond acceptors (Lipinski definition) is 4. The molecule has 2 saturated heterocycles. The summed E-state index contributed by atoms with van der Waals surface area (Å²) in [5.41, 5.74) is 0. The maximum atomic E-state index is 10.9. The van der Waals surface area contributed by atoms with Crippen molar-refractivity contribution in [1.82, 2.24) is 9.80 Å². The van der Waals surface area contributed by atoms with E-state index in [0.29, 0.717) is 4.88 Å². The molecule has 110 valence electrons. The fourth-order valence-electron chi connectivity index (χ4n) is 3.67. The van der Waals surface area contributed by atoms with E-state index < -0.39 is 5.97 Å². The lowest BCUT2D eigenvalue weighted by Crippen LogP contribution is -2.52. The van der Waals surface area contributed by atoms with Crippen LogP contribution >= 0.6 is 11.3 Å². The fourth-order valence-corrected chi connectivity index (χ4v) is 4.56. The zero-order valence-corrected chi connectivity index (χ0v) is 12.7. The maximum absolute atomic E-state index is 10.9. The summed E-state index contributed by atoms with van der Waals surface area (Å²) < 4.78 is 0. The van der Waals surface area contributed by atoms with Gasteiger partial charge in [-0.2, -0.15) is 0 Å². The molecule has 1 N–H and O–H groups in total. The molecule has 0 bridgehead atoms. The number of carboxylic acids is 1. The second kappa shape index (κ2) is 5.84. The molecule has 1 aromatic heterocycles. The molecule has 0 radical (unpaired) electrons. The number of carbonyl (C=O) groups is 1. The molecule has 20 heavy (non-hydrogen) atoms. The summed E-state index contributed by atoms with van der Waals surface area (Å²) in [5, 5.41) is 8.98. The number of hydrogen-bond donors (Lipinski definition) is 1. The summed E-state index contributed by atoms with van der Waals surface area (Å²) in [4.78, 5) is 17.6. The first-order chi connectivity index (χ1) is 9.63. The molecular weight excluding hydrogens is 272 g/mol. The highest BCUT2D eigenvalue weighted by atomic mass is 32.1. The van der Waals surface area contributed by atoms with Crippen molar-refractivity contribution in [1.29, 1.82) is 0 Å². The monoisotopic (exact) mass is 294 g/mol. The molecule has 3 rings (SSSR count). The van der Waals surface area contributed by atoms with E-state index in [1.54, 1.807) is 6.07 Å². The highest BCUT2D eigenvalue weighted by Crippen LogP contribution is 2.30. The van der Waals surface area contributed by atoms with E-state index in [2.05, 4.69) is 16.8 Å². The van der Waals surface area contributed by atoms with Crippen LogP contribution in [0, 0.1) is 5.92 Å². The molecule has 2 fully saturated rings. The number of fused-ring (bicyclic) bond motifs is 1. The lowest BCUT2D eigenvalue weighted by molar-refractivity contribution is 0.0359. The van der Waals surface area contributed by atoms with Crippen LogP contribution in [0.2, 0.25) is 0 Å². The van der Waals surface area contributed by atoms with Crippen LogP contribution in [0.15, 0.2) is 12.1 Å². The van der Waals surface area contributed by atoms with E-state index in [-0.39, 0.29) is 0 Å². The van der Waals surface area contributed by atoms with E-state index in [4.69, 9.17) is 5.11 Å². The van der Waals surface area contributed by atoms with Crippen LogP contribution in [0.4, 0.5) is 0 Å². The Hall–Kier alpha value is -0.910. The Morgan fingerprint density at radius 1 is 1.40 bits per heavy atom. The topological polar surface area (TPSA) is 43.8 Å². The highest BCUT2D eigenvalue weighted by Gasteiger charge is 2.34. The normalized spacial score (nSPS) is 28.2. The first-order valence-electron chi connectivity index (χ1n) is 7.38. The van der Waals surface area contributed by atoms with Crippen LogP contribution in [-0.4, -0.2) is 53.6 Å². The van der Waals surface area contributed by atoms with Gasteiger partial charge in [0.05, 0.1) is 0 Å². The predicted molar refractivity (Wildman–Crippen MR) is 80.3 cm³/mol. The minimum absolute atomic E-state index is 0.451. The van der Waals surface area contributed by atoms with E-state index in [0.717, 1.165) is 31.6 Å². The van der Waals surface area contributed by atoms with Gasteiger partial charge in [-0.15, -0.1) is 11.3 Å². The first kappa shape index (κ1) is 14.0. The van der Waals surface area contributed by atoms with Gasteiger partial charge in [-0.1, -0.05) is 0 Å². The third-order valence-corrected chi connectivity index (χ3v) is 5.74. The third-order valence-electron chi connectivity index (χ3n) is 4.68. The van der Waals surface area contributed by atoms with Gasteiger partial charge in [-0.25, -0.2) is 4.79 Å². The van der Waals surface area contributed by atoms with Gasteiger partial charge in [0.25, 0.3) is 0 Å². The van der Waals surface area contributed by atoms with E-state index in [9.17, 15) is 4.79 Å². The second-order valence-corrected chi connectivity index (χ2v) is 7.21. The molecule has 4 nitrogen and oxygen atoms in total. The van der Waals surface area contributed by atoms with Crippen LogP contribution in [0.25, 0.3) is 0 Å². The smallest absolute Gasteiger partial charge is 0.345 e. The molecule has 5 heteroatoms. The first-order valence-corrected chi connectivity index (χ1v) is 8.20. The average Bonchev–Trinajstić information content (AvgIpc) is 2.88. The van der Waals surface area contributed by atoms with E-state index in [1.165, 1.54) is 42.0 Å². The summed E-state index contributed by atoms with van der Waals surface area (Å²) in [5.74, 6) is -0.0183. The van der Waals surface area contributed by atoms with Crippen molar-refractivity contribution in [3.63, 3.8) is 0 Å². The lowest BCUT2D eigenvalue weighted by Gasteiger charge is -2.46. The minimum Gasteiger partial charge on any atom is -0.477 e. The van der Waals surface area contributed by atoms with Gasteiger partial charge in [0, 0.05) is 30.6 Å². The predicted octanol–water partition coefficient (Wildman–Crippen LogP) is 2.36. The Labute approximate surface area is 124 Å². The Kier molecular flexibility index (Phi) is 4.10. The largest absolute Gasteiger partial charge is 0.477 e. The molecule has 1 aromatic rings. The van der Waals surface area contributed by atoms with Crippen molar-refractivity contribution >= 4 is 17.3 Å². The number of thiophene rings is 1. The van der Waals surface area contributed by atoms with Gasteiger partial charge >= 0.3 is 5.97 Å². The lowest BCUT2D eigenvalue weighted by atomic mass is 9.84. The molecule has 0 aromatic carbocycles. The Morgan fingerprint density at radius 3 is 3.00 bits per heavy atom. The van der Waals surface area contributed by atoms with E-state index >= 15 is 0 Å². The zero-order valence-electron chi connectivity index (χ0n) is 11.9. The van der Waals surface area contributed by atoms with Crippen LogP contribution in [0.5, 0.6) is 0 Å². The number of rotatable bonds is 3. The second-order valence-electron chi connectivity index (χ2n) is 6.05. The Bertz CT molecular complexity index is 488. The SMILES string of the molecule is CN1CCCC2CN(Cc3ccc(C(=O)O)s3)CCC21. The van der Waals surface area contributed by atoms with Crippen molar-refractivity contribution in [3.05, 3.63) is 21.9 Å². The molecule has 2 aliphatic heterocycles. The van der Waals surface area contributed by atoms with Gasteiger partial charge in [0.15, 0.2) is 0 Å². The quantitative estimate of drug-likeness (QED) is 0.929. The van der Waals surface area contributed by atoms with Crippen LogP contribution in [0.1, 0.15) is 33.8 Å². The number of likely N-dealkylation sites (tertiary alicyclic amines) is 2. The summed E-state index contributed by atoms with van der Waals surface area (Å²) in [6, 6.07) is 4.45. The fraction of sp³-hybridized carbons (Fsp3) is 0.667.